The smallest absolute Gasteiger partial charge is 0.247 e. The molecular formula is C29H35F2N3O3. The van der Waals surface area contributed by atoms with Gasteiger partial charge in [0.05, 0.1) is 0 Å². The van der Waals surface area contributed by atoms with E-state index in [-0.39, 0.29) is 29.7 Å². The van der Waals surface area contributed by atoms with Crippen LogP contribution in [0.4, 0.5) is 8.78 Å². The van der Waals surface area contributed by atoms with E-state index in [1.54, 1.807) is 20.8 Å². The summed E-state index contributed by atoms with van der Waals surface area (Å²) in [5.74, 6) is -4.05. The van der Waals surface area contributed by atoms with Gasteiger partial charge < -0.3 is 15.5 Å². The number of fused-ring (bicyclic) bond motifs is 1. The largest absolute Gasteiger partial charge is 0.349 e. The lowest BCUT2D eigenvalue weighted by atomic mass is 9.87. The standard InChI is InChI=1S/C29H35F2N3O3/c1-16(2)13-22-26(35)32-24(19-14-17-9-6-7-10-18(17)15-19)28(37)34(22)25(27(36)33-29(3,4)5)20-11-8-12-21(30)23(20)31/h6-12,16,19,22,24-25H,13-15H2,1-5H3,(H,32,35)(H,33,36)/t22-,24?,25-/m1/s1. The summed E-state index contributed by atoms with van der Waals surface area (Å²) in [5, 5.41) is 5.73. The zero-order valence-corrected chi connectivity index (χ0v) is 22.0. The minimum atomic E-state index is -1.51. The second-order valence-electron chi connectivity index (χ2n) is 11.6. The predicted molar refractivity (Wildman–Crippen MR) is 136 cm³/mol. The second-order valence-corrected chi connectivity index (χ2v) is 11.6. The molecular weight excluding hydrogens is 476 g/mol. The molecule has 8 heteroatoms. The van der Waals surface area contributed by atoms with Gasteiger partial charge in [-0.25, -0.2) is 8.78 Å². The number of piperazine rings is 1. The Kier molecular flexibility index (Phi) is 7.40. The van der Waals surface area contributed by atoms with Gasteiger partial charge in [-0.2, -0.15) is 0 Å². The van der Waals surface area contributed by atoms with Crippen LogP contribution in [0.1, 0.15) is 63.8 Å². The minimum Gasteiger partial charge on any atom is -0.349 e. The lowest BCUT2D eigenvalue weighted by Gasteiger charge is -2.45. The maximum Gasteiger partial charge on any atom is 0.247 e. The van der Waals surface area contributed by atoms with Gasteiger partial charge in [-0.05, 0) is 69.1 Å². The number of hydrogen-bond donors (Lipinski definition) is 2. The molecule has 1 aliphatic heterocycles. The molecule has 2 aromatic carbocycles. The summed E-state index contributed by atoms with van der Waals surface area (Å²) < 4.78 is 29.6. The molecule has 0 spiro atoms. The van der Waals surface area contributed by atoms with E-state index in [4.69, 9.17) is 0 Å². The minimum absolute atomic E-state index is 0.00187. The van der Waals surface area contributed by atoms with Crippen LogP contribution in [-0.4, -0.2) is 40.2 Å². The summed E-state index contributed by atoms with van der Waals surface area (Å²) in [6.45, 7) is 9.10. The first kappa shape index (κ1) is 26.8. The Bertz CT molecular complexity index is 1180. The number of carbonyl (C=O) groups is 3. The molecule has 2 N–H and O–H groups in total. The molecule has 1 unspecified atom stereocenters. The molecule has 1 saturated heterocycles. The highest BCUT2D eigenvalue weighted by atomic mass is 19.2. The highest BCUT2D eigenvalue weighted by molar-refractivity contribution is 6.00. The van der Waals surface area contributed by atoms with Gasteiger partial charge in [-0.3, -0.25) is 14.4 Å². The van der Waals surface area contributed by atoms with Crippen LogP contribution in [0.25, 0.3) is 0 Å². The average Bonchev–Trinajstić information content (AvgIpc) is 3.23. The molecule has 0 radical (unpaired) electrons. The first-order valence-corrected chi connectivity index (χ1v) is 12.8. The summed E-state index contributed by atoms with van der Waals surface area (Å²) in [5.41, 5.74) is 1.25. The molecule has 0 aromatic heterocycles. The molecule has 3 amide bonds. The third-order valence-electron chi connectivity index (χ3n) is 7.01. The number of nitrogens with zero attached hydrogens (tertiary/aromatic N) is 1. The van der Waals surface area contributed by atoms with Crippen LogP contribution < -0.4 is 10.6 Å². The Morgan fingerprint density at radius 3 is 2.24 bits per heavy atom. The molecule has 1 heterocycles. The van der Waals surface area contributed by atoms with Crippen molar-refractivity contribution >= 4 is 17.7 Å². The molecule has 2 aromatic rings. The summed E-state index contributed by atoms with van der Waals surface area (Å²) in [7, 11) is 0. The van der Waals surface area contributed by atoms with Crippen molar-refractivity contribution < 1.29 is 23.2 Å². The van der Waals surface area contributed by atoms with E-state index in [1.807, 2.05) is 38.1 Å². The second kappa shape index (κ2) is 10.2. The van der Waals surface area contributed by atoms with Gasteiger partial charge in [0.1, 0.15) is 18.1 Å². The van der Waals surface area contributed by atoms with E-state index in [2.05, 4.69) is 10.6 Å². The van der Waals surface area contributed by atoms with Crippen LogP contribution in [0, 0.1) is 23.5 Å². The fourth-order valence-corrected chi connectivity index (χ4v) is 5.46. The van der Waals surface area contributed by atoms with Crippen molar-refractivity contribution in [3.05, 3.63) is 70.8 Å². The molecule has 1 aliphatic carbocycles. The molecule has 0 saturated carbocycles. The number of hydrogen-bond acceptors (Lipinski definition) is 3. The molecule has 198 valence electrons. The molecule has 37 heavy (non-hydrogen) atoms. The normalized spacial score (nSPS) is 21.1. The third-order valence-corrected chi connectivity index (χ3v) is 7.01. The van der Waals surface area contributed by atoms with Crippen LogP contribution in [0.15, 0.2) is 42.5 Å². The van der Waals surface area contributed by atoms with Crippen molar-refractivity contribution in [3.63, 3.8) is 0 Å². The number of carbonyl (C=O) groups excluding carboxylic acids is 3. The Hall–Kier alpha value is -3.29. The van der Waals surface area contributed by atoms with Crippen molar-refractivity contribution in [2.45, 2.75) is 77.5 Å². The van der Waals surface area contributed by atoms with Crippen LogP contribution in [0.5, 0.6) is 0 Å². The summed E-state index contributed by atoms with van der Waals surface area (Å²) in [6, 6.07) is 8.06. The maximum absolute atomic E-state index is 15.2. The maximum atomic E-state index is 15.2. The van der Waals surface area contributed by atoms with E-state index < -0.39 is 47.1 Å². The van der Waals surface area contributed by atoms with Crippen LogP contribution in [0.2, 0.25) is 0 Å². The van der Waals surface area contributed by atoms with E-state index in [1.165, 1.54) is 17.0 Å². The molecule has 1 fully saturated rings. The number of amides is 3. The molecule has 6 nitrogen and oxygen atoms in total. The van der Waals surface area contributed by atoms with Crippen molar-refractivity contribution in [1.82, 2.24) is 15.5 Å². The Labute approximate surface area is 216 Å². The SMILES string of the molecule is CC(C)C[C@@H]1C(=O)NC(C2Cc3ccccc3C2)C(=O)N1[C@@H](C(=O)NC(C)(C)C)c1cccc(F)c1F. The van der Waals surface area contributed by atoms with Gasteiger partial charge in [0.15, 0.2) is 11.6 Å². The molecule has 4 rings (SSSR count). The van der Waals surface area contributed by atoms with Crippen molar-refractivity contribution in [2.24, 2.45) is 11.8 Å². The zero-order chi connectivity index (χ0) is 27.1. The van der Waals surface area contributed by atoms with E-state index in [9.17, 15) is 18.8 Å². The fraction of sp³-hybridized carbons (Fsp3) is 0.483. The number of rotatable bonds is 6. The zero-order valence-electron chi connectivity index (χ0n) is 22.0. The predicted octanol–water partition coefficient (Wildman–Crippen LogP) is 4.08. The summed E-state index contributed by atoms with van der Waals surface area (Å²) in [6.07, 6.45) is 1.47. The number of nitrogens with one attached hydrogen (secondary N) is 2. The topological polar surface area (TPSA) is 78.5 Å². The molecule has 0 bridgehead atoms. The van der Waals surface area contributed by atoms with Gasteiger partial charge in [-0.15, -0.1) is 0 Å². The average molecular weight is 512 g/mol. The Morgan fingerprint density at radius 2 is 1.68 bits per heavy atom. The fourth-order valence-electron chi connectivity index (χ4n) is 5.46. The number of benzene rings is 2. The van der Waals surface area contributed by atoms with E-state index >= 15 is 4.39 Å². The first-order chi connectivity index (χ1) is 17.4. The van der Waals surface area contributed by atoms with Gasteiger partial charge in [0.25, 0.3) is 0 Å². The highest BCUT2D eigenvalue weighted by Crippen LogP contribution is 2.36. The van der Waals surface area contributed by atoms with E-state index in [0.29, 0.717) is 12.8 Å². The lowest BCUT2D eigenvalue weighted by Crippen LogP contribution is -2.67. The Balaban J connectivity index is 1.80. The van der Waals surface area contributed by atoms with Crippen molar-refractivity contribution in [3.8, 4) is 0 Å². The van der Waals surface area contributed by atoms with Crippen LogP contribution >= 0.6 is 0 Å². The third kappa shape index (κ3) is 5.53. The summed E-state index contributed by atoms with van der Waals surface area (Å²) in [4.78, 5) is 42.6. The van der Waals surface area contributed by atoms with Gasteiger partial charge in [0.2, 0.25) is 17.7 Å². The van der Waals surface area contributed by atoms with Crippen LogP contribution in [-0.2, 0) is 27.2 Å². The molecule has 3 atom stereocenters. The van der Waals surface area contributed by atoms with Gasteiger partial charge in [-0.1, -0.05) is 50.2 Å². The quantitative estimate of drug-likeness (QED) is 0.614. The van der Waals surface area contributed by atoms with Crippen LogP contribution in [0.3, 0.4) is 0 Å². The van der Waals surface area contributed by atoms with Gasteiger partial charge >= 0.3 is 0 Å². The van der Waals surface area contributed by atoms with Crippen molar-refractivity contribution in [1.29, 1.82) is 0 Å². The summed E-state index contributed by atoms with van der Waals surface area (Å²) >= 11 is 0. The molecule has 2 aliphatic rings. The number of halogens is 2. The van der Waals surface area contributed by atoms with Crippen molar-refractivity contribution in [2.75, 3.05) is 0 Å². The Morgan fingerprint density at radius 1 is 1.05 bits per heavy atom. The lowest BCUT2D eigenvalue weighted by molar-refractivity contribution is -0.158. The first-order valence-electron chi connectivity index (χ1n) is 12.8. The highest BCUT2D eigenvalue weighted by Gasteiger charge is 2.50. The monoisotopic (exact) mass is 511 g/mol. The van der Waals surface area contributed by atoms with E-state index in [0.717, 1.165) is 17.2 Å². The van der Waals surface area contributed by atoms with Gasteiger partial charge in [0, 0.05) is 11.1 Å².